The van der Waals surface area contributed by atoms with E-state index >= 15 is 0 Å². The van der Waals surface area contributed by atoms with Crippen LogP contribution in [0.1, 0.15) is 19.4 Å². The first-order valence-corrected chi connectivity index (χ1v) is 11.8. The second-order valence-corrected chi connectivity index (χ2v) is 8.10. The lowest BCUT2D eigenvalue weighted by atomic mass is 10.2. The van der Waals surface area contributed by atoms with Crippen LogP contribution in [0.15, 0.2) is 61.2 Å². The fourth-order valence-electron chi connectivity index (χ4n) is 3.51. The monoisotopic (exact) mass is 507 g/mol. The second-order valence-electron chi connectivity index (χ2n) is 7.69. The van der Waals surface area contributed by atoms with Gasteiger partial charge < -0.3 is 24.4 Å². The van der Waals surface area contributed by atoms with Crippen LogP contribution < -0.4 is 19.5 Å². The van der Waals surface area contributed by atoms with E-state index in [0.29, 0.717) is 64.4 Å². The molecule has 0 aliphatic heterocycles. The van der Waals surface area contributed by atoms with Gasteiger partial charge in [0.05, 0.1) is 28.7 Å². The molecule has 0 unspecified atom stereocenters. The van der Waals surface area contributed by atoms with Crippen molar-refractivity contribution in [1.29, 1.82) is 0 Å². The third-order valence-electron chi connectivity index (χ3n) is 5.48. The molecule has 2 amide bonds. The van der Waals surface area contributed by atoms with Crippen molar-refractivity contribution in [1.82, 2.24) is 19.9 Å². The van der Waals surface area contributed by atoms with Crippen LogP contribution in [0.2, 0.25) is 5.02 Å². The van der Waals surface area contributed by atoms with E-state index in [-0.39, 0.29) is 6.03 Å². The molecule has 0 fully saturated rings. The lowest BCUT2D eigenvalue weighted by Crippen LogP contribution is -2.34. The van der Waals surface area contributed by atoms with Gasteiger partial charge in [0, 0.05) is 37.6 Å². The maximum Gasteiger partial charge on any atom is 0.321 e. The van der Waals surface area contributed by atoms with Crippen LogP contribution in [-0.4, -0.2) is 46.1 Å². The lowest BCUT2D eigenvalue weighted by Gasteiger charge is -2.19. The number of urea groups is 1. The van der Waals surface area contributed by atoms with Gasteiger partial charge in [-0.05, 0) is 49.7 Å². The highest BCUT2D eigenvalue weighted by Gasteiger charge is 2.15. The van der Waals surface area contributed by atoms with Crippen LogP contribution in [0, 0.1) is 0 Å². The third kappa shape index (κ3) is 5.75. The van der Waals surface area contributed by atoms with E-state index < -0.39 is 0 Å². The molecule has 2 aromatic heterocycles. The molecule has 1 N–H and O–H groups in total. The van der Waals surface area contributed by atoms with Crippen LogP contribution in [0.4, 0.5) is 10.5 Å². The van der Waals surface area contributed by atoms with Gasteiger partial charge in [0.2, 0.25) is 5.88 Å². The summed E-state index contributed by atoms with van der Waals surface area (Å²) >= 11 is 6.42. The Morgan fingerprint density at radius 2 is 1.81 bits per heavy atom. The molecule has 0 bridgehead atoms. The molecular formula is C26H26ClN5O4. The number of carbonyl (C=O) groups excluding carboxylic acids is 1. The molecule has 0 aliphatic carbocycles. The zero-order valence-electron chi connectivity index (χ0n) is 20.2. The smallest absolute Gasteiger partial charge is 0.321 e. The van der Waals surface area contributed by atoms with Crippen molar-refractivity contribution in [3.63, 3.8) is 0 Å². The highest BCUT2D eigenvalue weighted by atomic mass is 35.5. The van der Waals surface area contributed by atoms with Gasteiger partial charge in [-0.3, -0.25) is 4.98 Å². The minimum atomic E-state index is -0.216. The van der Waals surface area contributed by atoms with Gasteiger partial charge in [0.1, 0.15) is 18.7 Å². The predicted molar refractivity (Wildman–Crippen MR) is 138 cm³/mol. The number of halogens is 1. The minimum absolute atomic E-state index is 0.216. The van der Waals surface area contributed by atoms with Crippen molar-refractivity contribution in [2.45, 2.75) is 20.5 Å². The number of aromatic nitrogens is 3. The van der Waals surface area contributed by atoms with Crippen LogP contribution in [-0.2, 0) is 6.61 Å². The molecule has 0 atom stereocenters. The number of ether oxygens (including phenoxy) is 3. The number of amides is 2. The molecule has 4 aromatic rings. The van der Waals surface area contributed by atoms with Gasteiger partial charge >= 0.3 is 6.03 Å². The Morgan fingerprint density at radius 1 is 1.03 bits per heavy atom. The summed E-state index contributed by atoms with van der Waals surface area (Å²) in [7, 11) is 1.57. The average molecular weight is 508 g/mol. The summed E-state index contributed by atoms with van der Waals surface area (Å²) in [6.45, 7) is 5.38. The molecule has 2 heterocycles. The standard InChI is InChI=1S/C26H26ClN5O4/c1-4-32(5-2)26(33)31-21-7-6-18(12-20(21)27)36-25-19-13-23(34-3)24(14-22(19)29-16-30-25)35-15-17-8-10-28-11-9-17/h6-14,16H,4-5,15H2,1-3H3,(H,31,33). The lowest BCUT2D eigenvalue weighted by molar-refractivity contribution is 0.217. The van der Waals surface area contributed by atoms with Crippen molar-refractivity contribution in [2.75, 3.05) is 25.5 Å². The van der Waals surface area contributed by atoms with Gasteiger partial charge in [-0.2, -0.15) is 0 Å². The summed E-state index contributed by atoms with van der Waals surface area (Å²) in [6, 6.07) is 12.1. The SMILES string of the molecule is CCN(CC)C(=O)Nc1ccc(Oc2ncnc3cc(OCc4ccncc4)c(OC)cc23)cc1Cl. The first-order chi connectivity index (χ1) is 17.5. The number of anilines is 1. The summed E-state index contributed by atoms with van der Waals surface area (Å²) in [5.41, 5.74) is 2.10. The number of fused-ring (bicyclic) bond motifs is 1. The molecule has 0 spiro atoms. The van der Waals surface area contributed by atoms with Gasteiger partial charge in [-0.25, -0.2) is 14.8 Å². The Balaban J connectivity index is 1.55. The summed E-state index contributed by atoms with van der Waals surface area (Å²) in [5, 5.41) is 3.80. The van der Waals surface area contributed by atoms with Crippen LogP contribution >= 0.6 is 11.6 Å². The van der Waals surface area contributed by atoms with Crippen LogP contribution in [0.5, 0.6) is 23.1 Å². The summed E-state index contributed by atoms with van der Waals surface area (Å²) < 4.78 is 17.5. The average Bonchev–Trinajstić information content (AvgIpc) is 2.90. The van der Waals surface area contributed by atoms with E-state index in [1.54, 1.807) is 54.7 Å². The van der Waals surface area contributed by atoms with Crippen LogP contribution in [0.25, 0.3) is 10.9 Å². The first-order valence-electron chi connectivity index (χ1n) is 11.4. The number of benzene rings is 2. The van der Waals surface area contributed by atoms with E-state index in [2.05, 4.69) is 20.3 Å². The summed E-state index contributed by atoms with van der Waals surface area (Å²) in [4.78, 5) is 26.7. The Kier molecular flexibility index (Phi) is 8.02. The van der Waals surface area contributed by atoms with E-state index in [1.807, 2.05) is 26.0 Å². The number of pyridine rings is 1. The summed E-state index contributed by atoms with van der Waals surface area (Å²) in [5.74, 6) is 1.85. The zero-order valence-corrected chi connectivity index (χ0v) is 21.0. The van der Waals surface area contributed by atoms with Gasteiger partial charge in [-0.1, -0.05) is 11.6 Å². The molecule has 2 aromatic carbocycles. The van der Waals surface area contributed by atoms with E-state index in [1.165, 1.54) is 6.33 Å². The highest BCUT2D eigenvalue weighted by molar-refractivity contribution is 6.33. The van der Waals surface area contributed by atoms with Gasteiger partial charge in [0.15, 0.2) is 11.5 Å². The fourth-order valence-corrected chi connectivity index (χ4v) is 3.73. The van der Waals surface area contributed by atoms with Crippen molar-refractivity contribution >= 4 is 34.2 Å². The Bertz CT molecular complexity index is 1350. The number of methoxy groups -OCH3 is 1. The first kappa shape index (κ1) is 25.0. The molecule has 4 rings (SSSR count). The van der Waals surface area contributed by atoms with Crippen molar-refractivity contribution in [3.8, 4) is 23.1 Å². The molecule has 0 radical (unpaired) electrons. The predicted octanol–water partition coefficient (Wildman–Crippen LogP) is 5.93. The molecule has 0 saturated carbocycles. The third-order valence-corrected chi connectivity index (χ3v) is 5.79. The van der Waals surface area contributed by atoms with Crippen molar-refractivity contribution in [2.24, 2.45) is 0 Å². The molecular weight excluding hydrogens is 482 g/mol. The minimum Gasteiger partial charge on any atom is -0.493 e. The quantitative estimate of drug-likeness (QED) is 0.299. The Hall–Kier alpha value is -4.11. The number of nitrogens with one attached hydrogen (secondary N) is 1. The van der Waals surface area contributed by atoms with E-state index in [9.17, 15) is 4.79 Å². The van der Waals surface area contributed by atoms with Crippen molar-refractivity contribution < 1.29 is 19.0 Å². The maximum atomic E-state index is 12.3. The van der Waals surface area contributed by atoms with E-state index in [4.69, 9.17) is 25.8 Å². The van der Waals surface area contributed by atoms with Crippen molar-refractivity contribution in [3.05, 3.63) is 71.8 Å². The Morgan fingerprint density at radius 3 is 2.50 bits per heavy atom. The fraction of sp³-hybridized carbons (Fsp3) is 0.231. The maximum absolute atomic E-state index is 12.3. The largest absolute Gasteiger partial charge is 0.493 e. The molecule has 186 valence electrons. The number of rotatable bonds is 9. The zero-order chi connectivity index (χ0) is 25.5. The molecule has 0 saturated heterocycles. The van der Waals surface area contributed by atoms with Crippen LogP contribution in [0.3, 0.4) is 0 Å². The molecule has 0 aliphatic rings. The normalized spacial score (nSPS) is 10.7. The molecule has 9 nitrogen and oxygen atoms in total. The van der Waals surface area contributed by atoms with Gasteiger partial charge in [0.25, 0.3) is 0 Å². The number of hydrogen-bond acceptors (Lipinski definition) is 7. The number of nitrogens with zero attached hydrogens (tertiary/aromatic N) is 4. The van der Waals surface area contributed by atoms with Gasteiger partial charge in [-0.15, -0.1) is 0 Å². The molecule has 36 heavy (non-hydrogen) atoms. The highest BCUT2D eigenvalue weighted by Crippen LogP contribution is 2.37. The number of hydrogen-bond donors (Lipinski definition) is 1. The number of carbonyl (C=O) groups is 1. The molecule has 10 heteroatoms. The topological polar surface area (TPSA) is 98.7 Å². The summed E-state index contributed by atoms with van der Waals surface area (Å²) in [6.07, 6.45) is 4.84. The van der Waals surface area contributed by atoms with E-state index in [0.717, 1.165) is 5.56 Å². The second kappa shape index (κ2) is 11.5. The Labute approximate surface area is 214 Å².